The van der Waals surface area contributed by atoms with Gasteiger partial charge in [0.15, 0.2) is 11.8 Å². The van der Waals surface area contributed by atoms with E-state index in [9.17, 15) is 0 Å². The van der Waals surface area contributed by atoms with Crippen LogP contribution in [-0.4, -0.2) is 61.3 Å². The summed E-state index contributed by atoms with van der Waals surface area (Å²) < 4.78 is 10.2. The molecule has 1 saturated heterocycles. The van der Waals surface area contributed by atoms with Gasteiger partial charge in [-0.3, -0.25) is 4.99 Å². The summed E-state index contributed by atoms with van der Waals surface area (Å²) in [6, 6.07) is 8.18. The molecule has 1 aliphatic rings. The molecule has 1 fully saturated rings. The summed E-state index contributed by atoms with van der Waals surface area (Å²) in [5.74, 6) is 2.94. The molecule has 8 heteroatoms. The third-order valence-electron chi connectivity index (χ3n) is 4.20. The number of hydrogen-bond donors (Lipinski definition) is 1. The molecule has 0 amide bonds. The number of aryl methyl sites for hydroxylation is 1. The van der Waals surface area contributed by atoms with Gasteiger partial charge in [-0.05, 0) is 24.3 Å². The molecule has 2 aromatic rings. The Hall–Kier alpha value is -2.77. The molecule has 25 heavy (non-hydrogen) atoms. The van der Waals surface area contributed by atoms with Crippen LogP contribution in [0, 0.1) is 6.92 Å². The number of aromatic nitrogens is 2. The van der Waals surface area contributed by atoms with Crippen molar-refractivity contribution in [3.8, 4) is 5.75 Å². The van der Waals surface area contributed by atoms with Gasteiger partial charge < -0.3 is 24.4 Å². The minimum Gasteiger partial charge on any atom is -0.497 e. The second-order valence-electron chi connectivity index (χ2n) is 5.80. The number of anilines is 1. The molecule has 3 rings (SSSR count). The lowest BCUT2D eigenvalue weighted by molar-refractivity contribution is 0.369. The SMILES string of the molecule is CN=C(NCc1noc(C)n1)N1CCN(c2ccc(OC)cc2)CC1. The first-order chi connectivity index (χ1) is 12.2. The second-order valence-corrected chi connectivity index (χ2v) is 5.80. The average molecular weight is 344 g/mol. The number of benzene rings is 1. The number of piperazine rings is 1. The largest absolute Gasteiger partial charge is 0.497 e. The maximum absolute atomic E-state index is 5.22. The molecule has 0 spiro atoms. The molecule has 0 unspecified atom stereocenters. The average Bonchev–Trinajstić information content (AvgIpc) is 3.08. The van der Waals surface area contributed by atoms with Gasteiger partial charge in [-0.2, -0.15) is 4.98 Å². The summed E-state index contributed by atoms with van der Waals surface area (Å²) in [5, 5.41) is 7.19. The van der Waals surface area contributed by atoms with E-state index >= 15 is 0 Å². The zero-order valence-corrected chi connectivity index (χ0v) is 14.9. The molecule has 0 radical (unpaired) electrons. The number of rotatable bonds is 4. The van der Waals surface area contributed by atoms with Gasteiger partial charge in [0.1, 0.15) is 5.75 Å². The lowest BCUT2D eigenvalue weighted by Gasteiger charge is -2.37. The highest BCUT2D eigenvalue weighted by molar-refractivity contribution is 5.80. The van der Waals surface area contributed by atoms with Gasteiger partial charge in [-0.25, -0.2) is 0 Å². The Balaban J connectivity index is 1.52. The summed E-state index contributed by atoms with van der Waals surface area (Å²) in [6.45, 7) is 5.96. The van der Waals surface area contributed by atoms with Gasteiger partial charge in [-0.1, -0.05) is 5.16 Å². The fraction of sp³-hybridized carbons (Fsp3) is 0.471. The van der Waals surface area contributed by atoms with Crippen LogP contribution in [0.4, 0.5) is 5.69 Å². The summed E-state index contributed by atoms with van der Waals surface area (Å²) in [4.78, 5) is 13.2. The first kappa shape index (κ1) is 17.1. The van der Waals surface area contributed by atoms with Crippen molar-refractivity contribution in [2.45, 2.75) is 13.5 Å². The summed E-state index contributed by atoms with van der Waals surface area (Å²) in [7, 11) is 3.47. The summed E-state index contributed by atoms with van der Waals surface area (Å²) >= 11 is 0. The Kier molecular flexibility index (Phi) is 5.37. The molecule has 2 heterocycles. The monoisotopic (exact) mass is 344 g/mol. The van der Waals surface area contributed by atoms with Crippen LogP contribution in [0.1, 0.15) is 11.7 Å². The van der Waals surface area contributed by atoms with Crippen molar-refractivity contribution in [1.29, 1.82) is 0 Å². The number of guanidine groups is 1. The lowest BCUT2D eigenvalue weighted by Crippen LogP contribution is -2.52. The van der Waals surface area contributed by atoms with Gasteiger partial charge in [0.2, 0.25) is 5.89 Å². The van der Waals surface area contributed by atoms with Crippen LogP contribution < -0.4 is 15.0 Å². The van der Waals surface area contributed by atoms with Crippen molar-refractivity contribution in [3.05, 3.63) is 36.0 Å². The predicted molar refractivity (Wildman–Crippen MR) is 96.0 cm³/mol. The van der Waals surface area contributed by atoms with E-state index in [0.717, 1.165) is 37.9 Å². The van der Waals surface area contributed by atoms with Crippen LogP contribution in [-0.2, 0) is 6.54 Å². The van der Waals surface area contributed by atoms with Crippen LogP contribution in [0.25, 0.3) is 0 Å². The Bertz CT molecular complexity index is 704. The van der Waals surface area contributed by atoms with Gasteiger partial charge in [0, 0.05) is 45.8 Å². The molecule has 1 N–H and O–H groups in total. The van der Waals surface area contributed by atoms with E-state index in [0.29, 0.717) is 18.3 Å². The van der Waals surface area contributed by atoms with Crippen molar-refractivity contribution < 1.29 is 9.26 Å². The number of hydrogen-bond acceptors (Lipinski definition) is 6. The number of aliphatic imine (C=N–C) groups is 1. The smallest absolute Gasteiger partial charge is 0.223 e. The van der Waals surface area contributed by atoms with Crippen molar-refractivity contribution >= 4 is 11.6 Å². The third-order valence-corrected chi connectivity index (χ3v) is 4.20. The van der Waals surface area contributed by atoms with E-state index in [1.807, 2.05) is 12.1 Å². The predicted octanol–water partition coefficient (Wildman–Crippen LogP) is 1.28. The number of ether oxygens (including phenoxy) is 1. The van der Waals surface area contributed by atoms with Crippen molar-refractivity contribution in [1.82, 2.24) is 20.4 Å². The minimum atomic E-state index is 0.503. The fourth-order valence-corrected chi connectivity index (χ4v) is 2.87. The fourth-order valence-electron chi connectivity index (χ4n) is 2.87. The van der Waals surface area contributed by atoms with E-state index in [2.05, 4.69) is 42.4 Å². The van der Waals surface area contributed by atoms with E-state index in [4.69, 9.17) is 9.26 Å². The quantitative estimate of drug-likeness (QED) is 0.661. The Morgan fingerprint density at radius 1 is 1.24 bits per heavy atom. The normalized spacial score (nSPS) is 15.4. The van der Waals surface area contributed by atoms with Crippen molar-refractivity contribution in [2.75, 3.05) is 45.2 Å². The zero-order valence-electron chi connectivity index (χ0n) is 14.9. The molecule has 8 nitrogen and oxygen atoms in total. The van der Waals surface area contributed by atoms with Gasteiger partial charge >= 0.3 is 0 Å². The molecule has 1 aromatic carbocycles. The molecular formula is C17H24N6O2. The molecule has 1 aliphatic heterocycles. The molecular weight excluding hydrogens is 320 g/mol. The Morgan fingerprint density at radius 2 is 1.96 bits per heavy atom. The third kappa shape index (κ3) is 4.20. The minimum absolute atomic E-state index is 0.503. The van der Waals surface area contributed by atoms with Crippen LogP contribution in [0.2, 0.25) is 0 Å². The van der Waals surface area contributed by atoms with Gasteiger partial charge in [0.25, 0.3) is 0 Å². The molecule has 0 atom stereocenters. The zero-order chi connectivity index (χ0) is 17.6. The van der Waals surface area contributed by atoms with Crippen molar-refractivity contribution in [3.63, 3.8) is 0 Å². The first-order valence-electron chi connectivity index (χ1n) is 8.33. The summed E-state index contributed by atoms with van der Waals surface area (Å²) in [6.07, 6.45) is 0. The molecule has 0 aliphatic carbocycles. The van der Waals surface area contributed by atoms with E-state index in [1.54, 1.807) is 21.1 Å². The highest BCUT2D eigenvalue weighted by Gasteiger charge is 2.20. The van der Waals surface area contributed by atoms with Crippen LogP contribution in [0.5, 0.6) is 5.75 Å². The maximum atomic E-state index is 5.22. The number of nitrogens with zero attached hydrogens (tertiary/aromatic N) is 5. The van der Waals surface area contributed by atoms with E-state index < -0.39 is 0 Å². The first-order valence-corrected chi connectivity index (χ1v) is 8.33. The van der Waals surface area contributed by atoms with Crippen molar-refractivity contribution in [2.24, 2.45) is 4.99 Å². The van der Waals surface area contributed by atoms with E-state index in [-0.39, 0.29) is 0 Å². The Morgan fingerprint density at radius 3 is 2.52 bits per heavy atom. The standard InChI is InChI=1S/C17H24N6O2/c1-13-20-16(21-25-13)12-19-17(18-2)23-10-8-22(9-11-23)14-4-6-15(24-3)7-5-14/h4-7H,8-12H2,1-3H3,(H,18,19). The lowest BCUT2D eigenvalue weighted by atomic mass is 10.2. The molecule has 1 aromatic heterocycles. The van der Waals surface area contributed by atoms with E-state index in [1.165, 1.54) is 5.69 Å². The highest BCUT2D eigenvalue weighted by Crippen LogP contribution is 2.20. The van der Waals surface area contributed by atoms with Gasteiger partial charge in [-0.15, -0.1) is 0 Å². The van der Waals surface area contributed by atoms with Crippen LogP contribution in [0.3, 0.4) is 0 Å². The topological polar surface area (TPSA) is 79.0 Å². The molecule has 0 bridgehead atoms. The number of methoxy groups -OCH3 is 1. The summed E-state index contributed by atoms with van der Waals surface area (Å²) in [5.41, 5.74) is 1.21. The van der Waals surface area contributed by atoms with Gasteiger partial charge in [0.05, 0.1) is 13.7 Å². The molecule has 134 valence electrons. The van der Waals surface area contributed by atoms with Crippen LogP contribution >= 0.6 is 0 Å². The molecule has 0 saturated carbocycles. The number of nitrogens with one attached hydrogen (secondary N) is 1. The van der Waals surface area contributed by atoms with Crippen LogP contribution in [0.15, 0.2) is 33.8 Å². The highest BCUT2D eigenvalue weighted by atomic mass is 16.5. The Labute approximate surface area is 147 Å². The second kappa shape index (κ2) is 7.87. The maximum Gasteiger partial charge on any atom is 0.223 e.